The third kappa shape index (κ3) is 3.14. The molecule has 3 heteroatoms. The van der Waals surface area contributed by atoms with E-state index < -0.39 is 0 Å². The summed E-state index contributed by atoms with van der Waals surface area (Å²) in [5.74, 6) is 0. The maximum atomic E-state index is 4.52. The van der Waals surface area contributed by atoms with Crippen molar-refractivity contribution in [2.75, 3.05) is 0 Å². The number of pyridine rings is 1. The zero-order chi connectivity index (χ0) is 14.8. The highest BCUT2D eigenvalue weighted by Gasteiger charge is 2.12. The van der Waals surface area contributed by atoms with Gasteiger partial charge < -0.3 is 5.32 Å². The largest absolute Gasteiger partial charge is 0.304 e. The molecule has 21 heavy (non-hydrogen) atoms. The number of thiophene rings is 1. The van der Waals surface area contributed by atoms with E-state index in [4.69, 9.17) is 0 Å². The van der Waals surface area contributed by atoms with E-state index in [2.05, 4.69) is 72.9 Å². The molecule has 2 heterocycles. The highest BCUT2D eigenvalue weighted by molar-refractivity contribution is 7.17. The fraction of sp³-hybridized carbons (Fsp3) is 0.278. The average molecular weight is 296 g/mol. The van der Waals surface area contributed by atoms with Crippen LogP contribution in [0.25, 0.3) is 10.2 Å². The van der Waals surface area contributed by atoms with E-state index in [9.17, 15) is 0 Å². The Morgan fingerprint density at radius 1 is 1.00 bits per heavy atom. The quantitative estimate of drug-likeness (QED) is 0.731. The molecule has 0 saturated carbocycles. The van der Waals surface area contributed by atoms with Crippen molar-refractivity contribution in [1.29, 1.82) is 0 Å². The lowest BCUT2D eigenvalue weighted by Gasteiger charge is -2.20. The normalized spacial score (nSPS) is 14.2. The molecule has 0 fully saturated rings. The molecule has 0 aliphatic heterocycles. The van der Waals surface area contributed by atoms with Crippen LogP contribution >= 0.6 is 11.3 Å². The Morgan fingerprint density at radius 3 is 2.48 bits per heavy atom. The van der Waals surface area contributed by atoms with Crippen LogP contribution in [-0.2, 0) is 0 Å². The van der Waals surface area contributed by atoms with Crippen LogP contribution in [0, 0.1) is 6.92 Å². The molecule has 108 valence electrons. The Morgan fingerprint density at radius 2 is 1.71 bits per heavy atom. The number of rotatable bonds is 4. The molecule has 0 saturated heterocycles. The van der Waals surface area contributed by atoms with Crippen molar-refractivity contribution in [1.82, 2.24) is 10.3 Å². The minimum absolute atomic E-state index is 0.278. The third-order valence-corrected chi connectivity index (χ3v) is 4.75. The molecule has 0 amide bonds. The minimum atomic E-state index is 0.278. The van der Waals surface area contributed by atoms with Crippen LogP contribution in [0.15, 0.2) is 48.0 Å². The maximum Gasteiger partial charge on any atom is 0.0809 e. The van der Waals surface area contributed by atoms with Gasteiger partial charge in [-0.25, -0.2) is 0 Å². The highest BCUT2D eigenvalue weighted by atomic mass is 32.1. The van der Waals surface area contributed by atoms with Crippen LogP contribution in [0.4, 0.5) is 0 Å². The molecule has 0 spiro atoms. The summed E-state index contributed by atoms with van der Waals surface area (Å²) in [7, 11) is 0. The molecule has 2 aromatic heterocycles. The second-order valence-electron chi connectivity index (χ2n) is 5.59. The lowest BCUT2D eigenvalue weighted by molar-refractivity contribution is 0.494. The van der Waals surface area contributed by atoms with Gasteiger partial charge in [-0.15, -0.1) is 11.3 Å². The number of hydrogen-bond acceptors (Lipinski definition) is 3. The Bertz CT molecular complexity index is 730. The molecule has 1 N–H and O–H groups in total. The van der Waals surface area contributed by atoms with E-state index in [0.717, 1.165) is 5.52 Å². The van der Waals surface area contributed by atoms with E-state index in [1.54, 1.807) is 11.3 Å². The molecule has 1 aromatic carbocycles. The van der Waals surface area contributed by atoms with Crippen molar-refractivity contribution in [3.05, 3.63) is 64.7 Å². The van der Waals surface area contributed by atoms with Gasteiger partial charge in [0.25, 0.3) is 0 Å². The Balaban J connectivity index is 1.75. The highest BCUT2D eigenvalue weighted by Crippen LogP contribution is 2.24. The molecule has 0 aliphatic rings. The average Bonchev–Trinajstić information content (AvgIpc) is 2.95. The molecular formula is C18H20N2S. The molecule has 3 rings (SSSR count). The number of aryl methyl sites for hydroxylation is 1. The zero-order valence-corrected chi connectivity index (χ0v) is 13.4. The predicted octanol–water partition coefficient (Wildman–Crippen LogP) is 5.02. The van der Waals surface area contributed by atoms with Gasteiger partial charge in [0, 0.05) is 18.3 Å². The summed E-state index contributed by atoms with van der Waals surface area (Å²) in [5, 5.41) is 5.75. The van der Waals surface area contributed by atoms with Gasteiger partial charge in [-0.1, -0.05) is 29.8 Å². The van der Waals surface area contributed by atoms with E-state index in [1.807, 2.05) is 6.20 Å². The minimum Gasteiger partial charge on any atom is -0.304 e. The second kappa shape index (κ2) is 5.96. The topological polar surface area (TPSA) is 24.9 Å². The predicted molar refractivity (Wildman–Crippen MR) is 90.8 cm³/mol. The maximum absolute atomic E-state index is 4.52. The smallest absolute Gasteiger partial charge is 0.0809 e. The van der Waals surface area contributed by atoms with E-state index in [1.165, 1.54) is 21.4 Å². The Kier molecular flexibility index (Phi) is 4.04. The summed E-state index contributed by atoms with van der Waals surface area (Å²) in [6.45, 7) is 6.52. The zero-order valence-electron chi connectivity index (χ0n) is 12.6. The summed E-state index contributed by atoms with van der Waals surface area (Å²) in [5.41, 5.74) is 4.94. The molecule has 2 atom stereocenters. The standard InChI is InChI=1S/C18H20N2S/c1-12-4-6-15(7-5-12)13(2)20-14(3)16-10-18-17(19-11-16)8-9-21-18/h4-11,13-14,20H,1-3H3. The summed E-state index contributed by atoms with van der Waals surface area (Å²) < 4.78 is 1.25. The van der Waals surface area contributed by atoms with Gasteiger partial charge in [0.05, 0.1) is 10.2 Å². The van der Waals surface area contributed by atoms with Crippen LogP contribution in [0.2, 0.25) is 0 Å². The van der Waals surface area contributed by atoms with Gasteiger partial charge in [-0.3, -0.25) is 4.98 Å². The SMILES string of the molecule is Cc1ccc(C(C)NC(C)c2cnc3ccsc3c2)cc1. The first-order valence-corrected chi connectivity index (χ1v) is 8.17. The summed E-state index contributed by atoms with van der Waals surface area (Å²) in [4.78, 5) is 4.52. The molecule has 0 radical (unpaired) electrons. The summed E-state index contributed by atoms with van der Waals surface area (Å²) >= 11 is 1.75. The Labute approximate surface area is 129 Å². The van der Waals surface area contributed by atoms with Gasteiger partial charge in [0.15, 0.2) is 0 Å². The molecule has 3 aromatic rings. The first-order chi connectivity index (χ1) is 10.1. The van der Waals surface area contributed by atoms with E-state index in [-0.39, 0.29) is 6.04 Å². The lowest BCUT2D eigenvalue weighted by atomic mass is 10.0. The van der Waals surface area contributed by atoms with E-state index >= 15 is 0 Å². The van der Waals surface area contributed by atoms with Crippen LogP contribution < -0.4 is 5.32 Å². The van der Waals surface area contributed by atoms with E-state index in [0.29, 0.717) is 6.04 Å². The van der Waals surface area contributed by atoms with Crippen molar-refractivity contribution in [3.63, 3.8) is 0 Å². The van der Waals surface area contributed by atoms with Gasteiger partial charge in [0.2, 0.25) is 0 Å². The number of benzene rings is 1. The number of nitrogens with zero attached hydrogens (tertiary/aromatic N) is 1. The van der Waals surface area contributed by atoms with Crippen LogP contribution in [0.1, 0.15) is 42.6 Å². The van der Waals surface area contributed by atoms with Gasteiger partial charge in [0.1, 0.15) is 0 Å². The first kappa shape index (κ1) is 14.2. The van der Waals surface area contributed by atoms with Crippen molar-refractivity contribution >= 4 is 21.6 Å². The van der Waals surface area contributed by atoms with Crippen molar-refractivity contribution in [3.8, 4) is 0 Å². The van der Waals surface area contributed by atoms with Gasteiger partial charge in [-0.05, 0) is 49.4 Å². The molecule has 0 aliphatic carbocycles. The van der Waals surface area contributed by atoms with Crippen LogP contribution in [0.3, 0.4) is 0 Å². The third-order valence-electron chi connectivity index (χ3n) is 3.90. The first-order valence-electron chi connectivity index (χ1n) is 7.29. The lowest BCUT2D eigenvalue weighted by Crippen LogP contribution is -2.22. The van der Waals surface area contributed by atoms with Crippen LogP contribution in [-0.4, -0.2) is 4.98 Å². The number of aromatic nitrogens is 1. The monoisotopic (exact) mass is 296 g/mol. The molecule has 2 unspecified atom stereocenters. The number of fused-ring (bicyclic) bond motifs is 1. The number of nitrogens with one attached hydrogen (secondary N) is 1. The van der Waals surface area contributed by atoms with Crippen molar-refractivity contribution < 1.29 is 0 Å². The van der Waals surface area contributed by atoms with Crippen LogP contribution in [0.5, 0.6) is 0 Å². The van der Waals surface area contributed by atoms with Gasteiger partial charge >= 0.3 is 0 Å². The van der Waals surface area contributed by atoms with Crippen molar-refractivity contribution in [2.45, 2.75) is 32.9 Å². The van der Waals surface area contributed by atoms with Gasteiger partial charge in [-0.2, -0.15) is 0 Å². The second-order valence-corrected chi connectivity index (χ2v) is 6.54. The summed E-state index contributed by atoms with van der Waals surface area (Å²) in [6.07, 6.45) is 1.98. The fourth-order valence-corrected chi connectivity index (χ4v) is 3.31. The Hall–Kier alpha value is -1.71. The molecule has 2 nitrogen and oxygen atoms in total. The fourth-order valence-electron chi connectivity index (χ4n) is 2.52. The molecular weight excluding hydrogens is 276 g/mol. The molecule has 0 bridgehead atoms. The number of hydrogen-bond donors (Lipinski definition) is 1. The summed E-state index contributed by atoms with van der Waals surface area (Å²) in [6, 6.07) is 13.6. The van der Waals surface area contributed by atoms with Crippen molar-refractivity contribution in [2.24, 2.45) is 0 Å².